The number of carbonyl (C=O) groups excluding carboxylic acids is 1. The predicted octanol–water partition coefficient (Wildman–Crippen LogP) is 3.15. The number of hydrogen-bond acceptors (Lipinski definition) is 3. The van der Waals surface area contributed by atoms with Crippen molar-refractivity contribution in [3.05, 3.63) is 0 Å². The minimum Gasteiger partial charge on any atom is -0.460 e. The Kier molecular flexibility index (Phi) is 5.20. The van der Waals surface area contributed by atoms with Gasteiger partial charge >= 0.3 is 5.97 Å². The SMILES string of the molecule is CC1CCC(O)CC(C)C1CC(=O)OC(C)(C)C. The van der Waals surface area contributed by atoms with Gasteiger partial charge in [-0.25, -0.2) is 0 Å². The van der Waals surface area contributed by atoms with Gasteiger partial charge in [0.05, 0.1) is 6.10 Å². The quantitative estimate of drug-likeness (QED) is 0.610. The molecule has 0 aromatic heterocycles. The number of carbonyl (C=O) groups is 1. The van der Waals surface area contributed by atoms with Crippen LogP contribution >= 0.6 is 0 Å². The van der Waals surface area contributed by atoms with Gasteiger partial charge in [-0.15, -0.1) is 0 Å². The molecule has 0 spiro atoms. The van der Waals surface area contributed by atoms with Crippen LogP contribution in [0, 0.1) is 17.8 Å². The van der Waals surface area contributed by atoms with Gasteiger partial charge < -0.3 is 9.84 Å². The molecule has 1 rings (SSSR count). The van der Waals surface area contributed by atoms with E-state index in [4.69, 9.17) is 4.74 Å². The Bertz CT molecular complexity index is 280. The van der Waals surface area contributed by atoms with E-state index in [0.717, 1.165) is 19.3 Å². The highest BCUT2D eigenvalue weighted by atomic mass is 16.6. The van der Waals surface area contributed by atoms with Crippen LogP contribution in [0.25, 0.3) is 0 Å². The lowest BCUT2D eigenvalue weighted by atomic mass is 9.80. The zero-order valence-corrected chi connectivity index (χ0v) is 12.4. The third-order valence-corrected chi connectivity index (χ3v) is 3.88. The van der Waals surface area contributed by atoms with E-state index in [-0.39, 0.29) is 12.1 Å². The Morgan fingerprint density at radius 3 is 2.39 bits per heavy atom. The monoisotopic (exact) mass is 256 g/mol. The molecule has 1 aliphatic rings. The third kappa shape index (κ3) is 4.97. The summed E-state index contributed by atoms with van der Waals surface area (Å²) in [7, 11) is 0. The Balaban J connectivity index is 2.60. The number of aliphatic hydroxyl groups excluding tert-OH is 1. The smallest absolute Gasteiger partial charge is 0.306 e. The first-order valence-electron chi connectivity index (χ1n) is 7.09. The summed E-state index contributed by atoms with van der Waals surface area (Å²) in [5.74, 6) is 1.08. The minimum absolute atomic E-state index is 0.109. The molecule has 0 saturated heterocycles. The topological polar surface area (TPSA) is 46.5 Å². The summed E-state index contributed by atoms with van der Waals surface area (Å²) in [6.45, 7) is 10.0. The highest BCUT2D eigenvalue weighted by molar-refractivity contribution is 5.70. The van der Waals surface area contributed by atoms with Crippen LogP contribution in [0.2, 0.25) is 0 Å². The highest BCUT2D eigenvalue weighted by Gasteiger charge is 2.32. The zero-order chi connectivity index (χ0) is 13.9. The lowest BCUT2D eigenvalue weighted by molar-refractivity contribution is -0.157. The van der Waals surface area contributed by atoms with Gasteiger partial charge in [0.15, 0.2) is 0 Å². The molecule has 0 radical (unpaired) electrons. The number of rotatable bonds is 2. The molecule has 4 atom stereocenters. The Morgan fingerprint density at radius 1 is 1.22 bits per heavy atom. The van der Waals surface area contributed by atoms with Crippen molar-refractivity contribution in [1.29, 1.82) is 0 Å². The standard InChI is InChI=1S/C15H28O3/c1-10-6-7-12(16)8-11(2)13(10)9-14(17)18-15(3,4)5/h10-13,16H,6-9H2,1-5H3. The maximum atomic E-state index is 11.9. The van der Waals surface area contributed by atoms with Gasteiger partial charge in [0.2, 0.25) is 0 Å². The molecule has 1 aliphatic carbocycles. The van der Waals surface area contributed by atoms with Gasteiger partial charge in [0.25, 0.3) is 0 Å². The predicted molar refractivity (Wildman–Crippen MR) is 72.1 cm³/mol. The van der Waals surface area contributed by atoms with Gasteiger partial charge in [-0.1, -0.05) is 13.8 Å². The molecule has 3 nitrogen and oxygen atoms in total. The first-order chi connectivity index (χ1) is 8.19. The van der Waals surface area contributed by atoms with Crippen LogP contribution < -0.4 is 0 Å². The molecular weight excluding hydrogens is 228 g/mol. The van der Waals surface area contributed by atoms with Crippen molar-refractivity contribution in [2.45, 2.75) is 72.0 Å². The van der Waals surface area contributed by atoms with Gasteiger partial charge in [-0.3, -0.25) is 4.79 Å². The molecule has 0 bridgehead atoms. The van der Waals surface area contributed by atoms with Gasteiger partial charge in [0.1, 0.15) is 5.60 Å². The maximum Gasteiger partial charge on any atom is 0.306 e. The van der Waals surface area contributed by atoms with Crippen LogP contribution in [0.1, 0.15) is 60.3 Å². The van der Waals surface area contributed by atoms with Crippen LogP contribution in [-0.2, 0) is 9.53 Å². The Hall–Kier alpha value is -0.570. The van der Waals surface area contributed by atoms with Gasteiger partial charge in [-0.05, 0) is 57.8 Å². The van der Waals surface area contributed by atoms with Crippen LogP contribution in [0.5, 0.6) is 0 Å². The first-order valence-corrected chi connectivity index (χ1v) is 7.09. The third-order valence-electron chi connectivity index (χ3n) is 3.88. The van der Waals surface area contributed by atoms with E-state index in [1.807, 2.05) is 20.8 Å². The lowest BCUT2D eigenvalue weighted by Crippen LogP contribution is -2.28. The highest BCUT2D eigenvalue weighted by Crippen LogP contribution is 2.35. The molecule has 0 heterocycles. The van der Waals surface area contributed by atoms with E-state index in [1.54, 1.807) is 0 Å². The average Bonchev–Trinajstić information content (AvgIpc) is 2.29. The number of esters is 1. The fourth-order valence-corrected chi connectivity index (χ4v) is 2.93. The molecule has 0 amide bonds. The van der Waals surface area contributed by atoms with Crippen molar-refractivity contribution in [3.8, 4) is 0 Å². The molecule has 1 N–H and O–H groups in total. The van der Waals surface area contributed by atoms with E-state index in [2.05, 4.69) is 13.8 Å². The zero-order valence-electron chi connectivity index (χ0n) is 12.4. The van der Waals surface area contributed by atoms with Crippen molar-refractivity contribution in [3.63, 3.8) is 0 Å². The minimum atomic E-state index is -0.409. The summed E-state index contributed by atoms with van der Waals surface area (Å²) in [5.41, 5.74) is -0.409. The number of ether oxygens (including phenoxy) is 1. The fraction of sp³-hybridized carbons (Fsp3) is 0.933. The summed E-state index contributed by atoms with van der Waals surface area (Å²) in [6, 6.07) is 0. The normalized spacial score (nSPS) is 33.9. The summed E-state index contributed by atoms with van der Waals surface area (Å²) in [4.78, 5) is 11.9. The second kappa shape index (κ2) is 6.05. The lowest BCUT2D eigenvalue weighted by Gasteiger charge is -2.28. The molecule has 106 valence electrons. The van der Waals surface area contributed by atoms with Crippen LogP contribution in [0.4, 0.5) is 0 Å². The van der Waals surface area contributed by atoms with E-state index >= 15 is 0 Å². The van der Waals surface area contributed by atoms with E-state index in [0.29, 0.717) is 24.2 Å². The summed E-state index contributed by atoms with van der Waals surface area (Å²) < 4.78 is 5.40. The van der Waals surface area contributed by atoms with Crippen LogP contribution in [-0.4, -0.2) is 22.8 Å². The number of aliphatic hydroxyl groups is 1. The maximum absolute atomic E-state index is 11.9. The second-order valence-electron chi connectivity index (χ2n) is 6.88. The molecule has 0 aliphatic heterocycles. The second-order valence-corrected chi connectivity index (χ2v) is 6.88. The van der Waals surface area contributed by atoms with Crippen molar-refractivity contribution in [1.82, 2.24) is 0 Å². The summed E-state index contributed by atoms with van der Waals surface area (Å²) in [6.07, 6.45) is 2.94. The first kappa shape index (κ1) is 15.5. The van der Waals surface area contributed by atoms with Gasteiger partial charge in [0, 0.05) is 6.42 Å². The van der Waals surface area contributed by atoms with Crippen LogP contribution in [0.3, 0.4) is 0 Å². The molecular formula is C15H28O3. The van der Waals surface area contributed by atoms with Gasteiger partial charge in [-0.2, -0.15) is 0 Å². The molecule has 4 unspecified atom stereocenters. The molecule has 0 aromatic carbocycles. The summed E-state index contributed by atoms with van der Waals surface area (Å²) >= 11 is 0. The van der Waals surface area contributed by atoms with Crippen LogP contribution in [0.15, 0.2) is 0 Å². The van der Waals surface area contributed by atoms with Crippen molar-refractivity contribution in [2.24, 2.45) is 17.8 Å². The Morgan fingerprint density at radius 2 is 1.83 bits per heavy atom. The van der Waals surface area contributed by atoms with E-state index in [1.165, 1.54) is 0 Å². The molecule has 1 fully saturated rings. The Labute approximate surface area is 111 Å². The molecule has 3 heteroatoms. The van der Waals surface area contributed by atoms with Crippen molar-refractivity contribution >= 4 is 5.97 Å². The fourth-order valence-electron chi connectivity index (χ4n) is 2.93. The van der Waals surface area contributed by atoms with E-state index in [9.17, 15) is 9.90 Å². The van der Waals surface area contributed by atoms with E-state index < -0.39 is 5.60 Å². The molecule has 18 heavy (non-hydrogen) atoms. The van der Waals surface area contributed by atoms with Crippen molar-refractivity contribution < 1.29 is 14.6 Å². The number of hydrogen-bond donors (Lipinski definition) is 1. The largest absolute Gasteiger partial charge is 0.460 e. The average molecular weight is 256 g/mol. The van der Waals surface area contributed by atoms with Crippen molar-refractivity contribution in [2.75, 3.05) is 0 Å². The molecule has 0 aromatic rings. The summed E-state index contributed by atoms with van der Waals surface area (Å²) in [5, 5.41) is 9.80. The molecule has 1 saturated carbocycles.